The normalized spacial score (nSPS) is 14.5. The van der Waals surface area contributed by atoms with Gasteiger partial charge in [0.1, 0.15) is 12.4 Å². The molecule has 3 rings (SSSR count). The summed E-state index contributed by atoms with van der Waals surface area (Å²) in [7, 11) is 0. The highest BCUT2D eigenvalue weighted by atomic mass is 35.5. The lowest BCUT2D eigenvalue weighted by Gasteiger charge is -2.14. The van der Waals surface area contributed by atoms with E-state index in [0.717, 1.165) is 5.57 Å². The number of ether oxygens (including phenoxy) is 1. The van der Waals surface area contributed by atoms with Crippen molar-refractivity contribution in [1.82, 2.24) is 14.8 Å². The average Bonchev–Trinajstić information content (AvgIpc) is 3.04. The number of halogens is 2. The summed E-state index contributed by atoms with van der Waals surface area (Å²) in [5, 5.41) is 13.3. The molecule has 0 atom stereocenters. The first kappa shape index (κ1) is 16.2. The third-order valence-electron chi connectivity index (χ3n) is 3.48. The third kappa shape index (κ3) is 3.46. The van der Waals surface area contributed by atoms with Gasteiger partial charge in [0.2, 0.25) is 5.88 Å². The molecule has 0 fully saturated rings. The van der Waals surface area contributed by atoms with Crippen molar-refractivity contribution < 1.29 is 19.0 Å². The molecule has 2 aromatic heterocycles. The summed E-state index contributed by atoms with van der Waals surface area (Å²) >= 11 is 5.79. The molecule has 0 saturated carbocycles. The molecule has 0 aliphatic heterocycles. The molecular weight excluding hydrogens is 337 g/mol. The fraction of sp³-hybridized carbons (Fsp3) is 0.188. The lowest BCUT2D eigenvalue weighted by molar-refractivity contribution is 0.0696. The minimum absolute atomic E-state index is 0.101. The van der Waals surface area contributed by atoms with Crippen LogP contribution in [0.4, 0.5) is 4.39 Å². The maximum atomic E-state index is 13.2. The fourth-order valence-corrected chi connectivity index (χ4v) is 2.49. The Labute approximate surface area is 141 Å². The zero-order valence-corrected chi connectivity index (χ0v) is 13.2. The molecule has 0 bridgehead atoms. The Hall–Kier alpha value is -2.67. The molecule has 0 spiro atoms. The highest BCUT2D eigenvalue weighted by molar-refractivity contribution is 6.31. The predicted molar refractivity (Wildman–Crippen MR) is 85.1 cm³/mol. The van der Waals surface area contributed by atoms with Crippen molar-refractivity contribution in [2.24, 2.45) is 0 Å². The van der Waals surface area contributed by atoms with E-state index in [2.05, 4.69) is 10.1 Å². The van der Waals surface area contributed by atoms with Crippen LogP contribution in [0.2, 0.25) is 0 Å². The number of aromatic carboxylic acids is 1. The lowest BCUT2D eigenvalue weighted by atomic mass is 10.1. The molecule has 0 radical (unpaired) electrons. The molecule has 2 heterocycles. The van der Waals surface area contributed by atoms with E-state index in [0.29, 0.717) is 18.1 Å². The van der Waals surface area contributed by atoms with E-state index in [4.69, 9.17) is 21.4 Å². The summed E-state index contributed by atoms with van der Waals surface area (Å²) in [6.07, 6.45) is 5.26. The topological polar surface area (TPSA) is 77.2 Å². The summed E-state index contributed by atoms with van der Waals surface area (Å²) in [5.74, 6) is -0.641. The van der Waals surface area contributed by atoms with Crippen LogP contribution in [0.1, 0.15) is 23.2 Å². The smallest absolute Gasteiger partial charge is 0.335 e. The molecular formula is C16H13ClFN3O3. The Morgan fingerprint density at radius 3 is 2.96 bits per heavy atom. The maximum Gasteiger partial charge on any atom is 0.335 e. The van der Waals surface area contributed by atoms with Gasteiger partial charge in [0.15, 0.2) is 5.82 Å². The van der Waals surface area contributed by atoms with Gasteiger partial charge >= 0.3 is 5.97 Å². The van der Waals surface area contributed by atoms with Crippen LogP contribution in [0, 0.1) is 0 Å². The first-order valence-electron chi connectivity index (χ1n) is 7.15. The second-order valence-electron chi connectivity index (χ2n) is 5.13. The van der Waals surface area contributed by atoms with E-state index in [1.165, 1.54) is 29.2 Å². The van der Waals surface area contributed by atoms with Crippen molar-refractivity contribution in [3.8, 4) is 11.7 Å². The SMILES string of the molecule is O=C(O)c1ccnc(-n2nccc2OCC2=CC(Cl)=C(F)CC2)c1. The van der Waals surface area contributed by atoms with E-state index < -0.39 is 5.97 Å². The third-order valence-corrected chi connectivity index (χ3v) is 3.79. The minimum atomic E-state index is -1.05. The quantitative estimate of drug-likeness (QED) is 0.894. The minimum Gasteiger partial charge on any atom is -0.478 e. The predicted octanol–water partition coefficient (Wildman–Crippen LogP) is 3.48. The first-order chi connectivity index (χ1) is 11.5. The molecule has 1 aliphatic rings. The summed E-state index contributed by atoms with van der Waals surface area (Å²) in [5.41, 5.74) is 0.963. The molecule has 1 N–H and O–H groups in total. The van der Waals surface area contributed by atoms with Crippen LogP contribution in [-0.4, -0.2) is 32.4 Å². The Bertz CT molecular complexity index is 845. The molecule has 1 aliphatic carbocycles. The van der Waals surface area contributed by atoms with Crippen LogP contribution in [0.25, 0.3) is 5.82 Å². The van der Waals surface area contributed by atoms with Gasteiger partial charge in [0.25, 0.3) is 0 Å². The Morgan fingerprint density at radius 2 is 2.21 bits per heavy atom. The van der Waals surface area contributed by atoms with Gasteiger partial charge in [-0.15, -0.1) is 0 Å². The highest BCUT2D eigenvalue weighted by Crippen LogP contribution is 2.28. The lowest BCUT2D eigenvalue weighted by Crippen LogP contribution is -2.09. The number of carboxylic acid groups (broad SMARTS) is 1. The Kier molecular flexibility index (Phi) is 4.61. The highest BCUT2D eigenvalue weighted by Gasteiger charge is 2.14. The molecule has 0 unspecified atom stereocenters. The zero-order chi connectivity index (χ0) is 17.1. The van der Waals surface area contributed by atoms with Gasteiger partial charge in [0.05, 0.1) is 16.8 Å². The van der Waals surface area contributed by atoms with Gasteiger partial charge in [-0.25, -0.2) is 14.2 Å². The van der Waals surface area contributed by atoms with Gasteiger partial charge in [-0.2, -0.15) is 9.78 Å². The monoisotopic (exact) mass is 349 g/mol. The number of hydrogen-bond acceptors (Lipinski definition) is 4. The van der Waals surface area contributed by atoms with E-state index in [-0.39, 0.29) is 29.5 Å². The van der Waals surface area contributed by atoms with Gasteiger partial charge in [-0.05, 0) is 30.2 Å². The average molecular weight is 350 g/mol. The summed E-state index contributed by atoms with van der Waals surface area (Å²) in [6, 6.07) is 4.43. The standard InChI is InChI=1S/C16H13ClFN3O3/c17-12-7-10(1-2-13(12)18)9-24-15-4-6-20-21(15)14-8-11(16(22)23)3-5-19-14/h3-8H,1-2,9H2,(H,22,23). The number of carbonyl (C=O) groups is 1. The van der Waals surface area contributed by atoms with Gasteiger partial charge in [-0.3, -0.25) is 0 Å². The molecule has 6 nitrogen and oxygen atoms in total. The van der Waals surface area contributed by atoms with Crippen LogP contribution >= 0.6 is 11.6 Å². The van der Waals surface area contributed by atoms with Crippen LogP contribution < -0.4 is 4.74 Å². The second-order valence-corrected chi connectivity index (χ2v) is 5.54. The molecule has 8 heteroatoms. The van der Waals surface area contributed by atoms with Crippen LogP contribution in [-0.2, 0) is 0 Å². The van der Waals surface area contributed by atoms with Gasteiger partial charge < -0.3 is 9.84 Å². The summed E-state index contributed by atoms with van der Waals surface area (Å²) in [4.78, 5) is 15.2. The molecule has 0 amide bonds. The van der Waals surface area contributed by atoms with Gasteiger partial charge in [0, 0.05) is 18.7 Å². The van der Waals surface area contributed by atoms with Crippen LogP contribution in [0.15, 0.2) is 53.1 Å². The van der Waals surface area contributed by atoms with Crippen molar-refractivity contribution in [1.29, 1.82) is 0 Å². The summed E-state index contributed by atoms with van der Waals surface area (Å²) < 4.78 is 20.3. The molecule has 24 heavy (non-hydrogen) atoms. The first-order valence-corrected chi connectivity index (χ1v) is 7.52. The van der Waals surface area contributed by atoms with Crippen molar-refractivity contribution in [2.75, 3.05) is 6.61 Å². The van der Waals surface area contributed by atoms with Crippen molar-refractivity contribution >= 4 is 17.6 Å². The molecule has 0 saturated heterocycles. The number of hydrogen-bond donors (Lipinski definition) is 1. The maximum absolute atomic E-state index is 13.2. The van der Waals surface area contributed by atoms with Crippen LogP contribution in [0.3, 0.4) is 0 Å². The van der Waals surface area contributed by atoms with E-state index in [1.807, 2.05) is 0 Å². The number of pyridine rings is 1. The van der Waals surface area contributed by atoms with Crippen LogP contribution in [0.5, 0.6) is 5.88 Å². The number of aromatic nitrogens is 3. The second kappa shape index (κ2) is 6.84. The number of allylic oxidation sites excluding steroid dienone is 3. The van der Waals surface area contributed by atoms with E-state index in [1.54, 1.807) is 12.1 Å². The van der Waals surface area contributed by atoms with Gasteiger partial charge in [-0.1, -0.05) is 11.6 Å². The van der Waals surface area contributed by atoms with Crippen molar-refractivity contribution in [3.05, 3.63) is 58.7 Å². The largest absolute Gasteiger partial charge is 0.478 e. The molecule has 0 aromatic carbocycles. The van der Waals surface area contributed by atoms with Crippen molar-refractivity contribution in [3.63, 3.8) is 0 Å². The van der Waals surface area contributed by atoms with Crippen molar-refractivity contribution in [2.45, 2.75) is 12.8 Å². The number of carboxylic acids is 1. The fourth-order valence-electron chi connectivity index (χ4n) is 2.24. The zero-order valence-electron chi connectivity index (χ0n) is 12.4. The van der Waals surface area contributed by atoms with E-state index in [9.17, 15) is 9.18 Å². The Morgan fingerprint density at radius 1 is 1.38 bits per heavy atom. The summed E-state index contributed by atoms with van der Waals surface area (Å²) in [6.45, 7) is 0.230. The molecule has 2 aromatic rings. The Balaban J connectivity index is 1.78. The molecule has 124 valence electrons. The number of rotatable bonds is 5. The number of nitrogens with zero attached hydrogens (tertiary/aromatic N) is 3. The van der Waals surface area contributed by atoms with E-state index >= 15 is 0 Å².